The summed E-state index contributed by atoms with van der Waals surface area (Å²) in [7, 11) is -2.71. The topological polar surface area (TPSA) is 102 Å². The van der Waals surface area contributed by atoms with E-state index in [2.05, 4.69) is 18.2 Å². The zero-order valence-corrected chi connectivity index (χ0v) is 18.4. The summed E-state index contributed by atoms with van der Waals surface area (Å²) in [5.74, 6) is 1.13. The average molecular weight is 426 g/mol. The molecule has 0 bridgehead atoms. The Morgan fingerprint density at radius 1 is 1.21 bits per heavy atom. The van der Waals surface area contributed by atoms with Gasteiger partial charge in [-0.2, -0.15) is 0 Å². The molecule has 1 unspecified atom stereocenters. The van der Waals surface area contributed by atoms with Crippen LogP contribution in [0.2, 0.25) is 0 Å². The molecule has 0 radical (unpaired) electrons. The van der Waals surface area contributed by atoms with E-state index in [0.717, 1.165) is 38.2 Å². The smallest absolute Gasteiger partial charge is 0.385 e. The molecule has 0 saturated heterocycles. The van der Waals surface area contributed by atoms with E-state index in [1.165, 1.54) is 48.8 Å². The van der Waals surface area contributed by atoms with Crippen LogP contribution in [0.15, 0.2) is 18.2 Å². The summed E-state index contributed by atoms with van der Waals surface area (Å²) in [6, 6.07) is 6.88. The van der Waals surface area contributed by atoms with Crippen molar-refractivity contribution in [2.24, 2.45) is 11.7 Å². The van der Waals surface area contributed by atoms with E-state index in [9.17, 15) is 4.57 Å². The fraction of sp³-hybridized carbons (Fsp3) is 0.727. The number of fused-ring (bicyclic) bond motifs is 1. The normalized spacial score (nSPS) is 27.2. The molecule has 0 heterocycles. The molecule has 2 aliphatic carbocycles. The Labute approximate surface area is 174 Å². The summed E-state index contributed by atoms with van der Waals surface area (Å²) in [5, 5.41) is 0. The van der Waals surface area contributed by atoms with Gasteiger partial charge < -0.3 is 20.3 Å². The summed E-state index contributed by atoms with van der Waals surface area (Å²) < 4.78 is 20.8. The number of unbranched alkanes of at least 4 members (excludes halogenated alkanes) is 2. The first kappa shape index (κ1) is 22.9. The lowest BCUT2D eigenvalue weighted by Gasteiger charge is -2.27. The van der Waals surface area contributed by atoms with Crippen molar-refractivity contribution in [1.29, 1.82) is 0 Å². The second kappa shape index (κ2) is 10.0. The van der Waals surface area contributed by atoms with Gasteiger partial charge >= 0.3 is 7.82 Å². The summed E-state index contributed by atoms with van der Waals surface area (Å²) in [6.07, 6.45) is 11.0. The molecule has 0 aliphatic heterocycles. The van der Waals surface area contributed by atoms with Crippen LogP contribution in [-0.2, 0) is 26.7 Å². The standard InChI is InChI=1S/C22H36NO5P/c1-27-12-4-2-3-5-17-6-7-19-14-20(9-8-18(19)13-17)21-10-11-22(23,15-21)16-28-29(24,25)26/h8-9,14,17,21H,2-7,10-13,15-16,23H2,1H3,(H2,24,25,26)/t17?,21-,22-/m1/s1. The van der Waals surface area contributed by atoms with E-state index in [1.54, 1.807) is 7.11 Å². The van der Waals surface area contributed by atoms with Crippen LogP contribution < -0.4 is 5.73 Å². The minimum Gasteiger partial charge on any atom is -0.385 e. The van der Waals surface area contributed by atoms with E-state index < -0.39 is 13.4 Å². The second-order valence-electron chi connectivity index (χ2n) is 9.05. The highest BCUT2D eigenvalue weighted by Crippen LogP contribution is 2.44. The molecule has 1 aromatic carbocycles. The number of rotatable bonds is 10. The van der Waals surface area contributed by atoms with Gasteiger partial charge in [0.15, 0.2) is 0 Å². The van der Waals surface area contributed by atoms with Crippen LogP contribution in [0.3, 0.4) is 0 Å². The van der Waals surface area contributed by atoms with Crippen molar-refractivity contribution < 1.29 is 23.6 Å². The lowest BCUT2D eigenvalue weighted by Crippen LogP contribution is -2.41. The molecule has 6 nitrogen and oxygen atoms in total. The highest BCUT2D eigenvalue weighted by atomic mass is 31.2. The van der Waals surface area contributed by atoms with Crippen LogP contribution in [-0.4, -0.2) is 35.6 Å². The monoisotopic (exact) mass is 425 g/mol. The highest BCUT2D eigenvalue weighted by molar-refractivity contribution is 7.46. The first-order chi connectivity index (χ1) is 13.8. The van der Waals surface area contributed by atoms with Gasteiger partial charge in [-0.25, -0.2) is 4.57 Å². The van der Waals surface area contributed by atoms with Gasteiger partial charge in [0.1, 0.15) is 0 Å². The molecule has 0 spiro atoms. The Kier molecular flexibility index (Phi) is 7.94. The summed E-state index contributed by atoms with van der Waals surface area (Å²) >= 11 is 0. The molecule has 0 aromatic heterocycles. The van der Waals surface area contributed by atoms with Gasteiger partial charge in [0.2, 0.25) is 0 Å². The molecule has 1 fully saturated rings. The molecular formula is C22H36NO5P. The van der Waals surface area contributed by atoms with Gasteiger partial charge in [-0.3, -0.25) is 4.52 Å². The Bertz CT molecular complexity index is 721. The predicted octanol–water partition coefficient (Wildman–Crippen LogP) is 4.07. The van der Waals surface area contributed by atoms with E-state index in [1.807, 2.05) is 0 Å². The number of methoxy groups -OCH3 is 1. The zero-order chi connectivity index (χ0) is 20.9. The number of hydrogen-bond donors (Lipinski definition) is 3. The third kappa shape index (κ3) is 6.88. The van der Waals surface area contributed by atoms with Crippen molar-refractivity contribution in [3.8, 4) is 0 Å². The molecular weight excluding hydrogens is 389 g/mol. The van der Waals surface area contributed by atoms with Crippen LogP contribution in [0.4, 0.5) is 0 Å². The average Bonchev–Trinajstić information content (AvgIpc) is 3.08. The van der Waals surface area contributed by atoms with Gasteiger partial charge in [-0.1, -0.05) is 37.5 Å². The quantitative estimate of drug-likeness (QED) is 0.386. The van der Waals surface area contributed by atoms with Gasteiger partial charge in [0.25, 0.3) is 0 Å². The number of phosphoric acid groups is 1. The third-order valence-electron chi connectivity index (χ3n) is 6.66. The van der Waals surface area contributed by atoms with Gasteiger partial charge in [0.05, 0.1) is 6.61 Å². The molecule has 4 N–H and O–H groups in total. The first-order valence-corrected chi connectivity index (χ1v) is 12.4. The van der Waals surface area contributed by atoms with Crippen molar-refractivity contribution in [3.63, 3.8) is 0 Å². The molecule has 3 rings (SSSR count). The van der Waals surface area contributed by atoms with Crippen molar-refractivity contribution in [2.75, 3.05) is 20.3 Å². The minimum atomic E-state index is -4.47. The Balaban J connectivity index is 1.52. The van der Waals surface area contributed by atoms with Gasteiger partial charge in [0, 0.05) is 19.3 Å². The van der Waals surface area contributed by atoms with Crippen LogP contribution in [0, 0.1) is 5.92 Å². The second-order valence-corrected chi connectivity index (χ2v) is 10.3. The number of benzene rings is 1. The van der Waals surface area contributed by atoms with Crippen LogP contribution in [0.25, 0.3) is 0 Å². The first-order valence-electron chi connectivity index (χ1n) is 10.9. The molecule has 0 amide bonds. The van der Waals surface area contributed by atoms with Crippen LogP contribution in [0.1, 0.15) is 74.0 Å². The maximum atomic E-state index is 11.0. The largest absolute Gasteiger partial charge is 0.469 e. The van der Waals surface area contributed by atoms with E-state index in [0.29, 0.717) is 12.3 Å². The zero-order valence-electron chi connectivity index (χ0n) is 17.5. The number of nitrogens with two attached hydrogens (primary N) is 1. The summed E-state index contributed by atoms with van der Waals surface area (Å²) in [4.78, 5) is 17.9. The SMILES string of the molecule is COCCCCCC1CCc2cc([C@@H]3CC[C@](N)(COP(=O)(O)O)C3)ccc2C1. The maximum absolute atomic E-state index is 11.0. The third-order valence-corrected chi connectivity index (χ3v) is 7.12. The Morgan fingerprint density at radius 3 is 2.79 bits per heavy atom. The minimum absolute atomic E-state index is 0.0925. The molecule has 3 atom stereocenters. The molecule has 1 aromatic rings. The number of phosphoric ester groups is 1. The van der Waals surface area contributed by atoms with Gasteiger partial charge in [-0.15, -0.1) is 0 Å². The number of aryl methyl sites for hydroxylation is 1. The lowest BCUT2D eigenvalue weighted by molar-refractivity contribution is 0.153. The number of ether oxygens (including phenoxy) is 1. The summed E-state index contributed by atoms with van der Waals surface area (Å²) in [6.45, 7) is 0.776. The van der Waals surface area contributed by atoms with E-state index in [4.69, 9.17) is 24.8 Å². The molecule has 1 saturated carbocycles. The summed E-state index contributed by atoms with van der Waals surface area (Å²) in [5.41, 5.74) is 9.96. The number of hydrogen-bond acceptors (Lipinski definition) is 4. The Hall–Kier alpha value is -0.750. The molecule has 29 heavy (non-hydrogen) atoms. The van der Waals surface area contributed by atoms with E-state index >= 15 is 0 Å². The van der Waals surface area contributed by atoms with Crippen molar-refractivity contribution in [2.45, 2.75) is 75.7 Å². The predicted molar refractivity (Wildman–Crippen MR) is 114 cm³/mol. The molecule has 2 aliphatic rings. The van der Waals surface area contributed by atoms with Crippen molar-refractivity contribution >= 4 is 7.82 Å². The fourth-order valence-electron chi connectivity index (χ4n) is 4.99. The van der Waals surface area contributed by atoms with E-state index in [-0.39, 0.29) is 6.61 Å². The van der Waals surface area contributed by atoms with Crippen LogP contribution >= 0.6 is 7.82 Å². The van der Waals surface area contributed by atoms with Crippen molar-refractivity contribution in [1.82, 2.24) is 0 Å². The van der Waals surface area contributed by atoms with Crippen LogP contribution in [0.5, 0.6) is 0 Å². The lowest BCUT2D eigenvalue weighted by atomic mass is 9.79. The Morgan fingerprint density at radius 2 is 2.03 bits per heavy atom. The molecule has 7 heteroatoms. The van der Waals surface area contributed by atoms with Crippen molar-refractivity contribution in [3.05, 3.63) is 34.9 Å². The highest BCUT2D eigenvalue weighted by Gasteiger charge is 2.38. The van der Waals surface area contributed by atoms with Gasteiger partial charge in [-0.05, 0) is 73.5 Å². The molecule has 164 valence electrons. The maximum Gasteiger partial charge on any atom is 0.469 e. The fourth-order valence-corrected chi connectivity index (χ4v) is 5.42.